The minimum atomic E-state index is -0.184. The van der Waals surface area contributed by atoms with Crippen molar-refractivity contribution in [3.63, 3.8) is 0 Å². The second-order valence-electron chi connectivity index (χ2n) is 7.22. The fourth-order valence-electron chi connectivity index (χ4n) is 3.61. The number of benzene rings is 1. The lowest BCUT2D eigenvalue weighted by Crippen LogP contribution is -2.45. The van der Waals surface area contributed by atoms with Crippen LogP contribution in [0.15, 0.2) is 23.1 Å². The first-order valence-electron chi connectivity index (χ1n) is 8.37. The van der Waals surface area contributed by atoms with Gasteiger partial charge in [0.2, 0.25) is 0 Å². The van der Waals surface area contributed by atoms with Crippen molar-refractivity contribution in [2.24, 2.45) is 0 Å². The van der Waals surface area contributed by atoms with E-state index in [0.29, 0.717) is 17.4 Å². The van der Waals surface area contributed by atoms with Crippen LogP contribution in [-0.2, 0) is 4.79 Å². The number of carbonyl (C=O) groups is 2. The molecule has 3 rings (SSSR count). The van der Waals surface area contributed by atoms with Crippen molar-refractivity contribution in [1.82, 2.24) is 4.90 Å². The van der Waals surface area contributed by atoms with E-state index in [1.54, 1.807) is 0 Å². The molecule has 0 spiro atoms. The van der Waals surface area contributed by atoms with Gasteiger partial charge in [-0.1, -0.05) is 13.0 Å². The lowest BCUT2D eigenvalue weighted by Gasteiger charge is -2.45. The lowest BCUT2D eigenvalue weighted by atomic mass is 9.80. The predicted octanol–water partition coefficient (Wildman–Crippen LogP) is 4.46. The van der Waals surface area contributed by atoms with Crippen LogP contribution in [0.2, 0.25) is 0 Å². The highest BCUT2D eigenvalue weighted by Crippen LogP contribution is 2.43. The highest BCUT2D eigenvalue weighted by atomic mass is 32.2. The van der Waals surface area contributed by atoms with Crippen molar-refractivity contribution in [1.29, 1.82) is 0 Å². The largest absolute Gasteiger partial charge is 0.369 e. The zero-order chi connectivity index (χ0) is 17.6. The van der Waals surface area contributed by atoms with Gasteiger partial charge in [0.1, 0.15) is 0 Å². The third-order valence-electron chi connectivity index (χ3n) is 5.15. The summed E-state index contributed by atoms with van der Waals surface area (Å²) in [6, 6.07) is 6.32. The van der Waals surface area contributed by atoms with Crippen molar-refractivity contribution >= 4 is 34.7 Å². The molecular weight excluding hydrogens is 320 g/mol. The third kappa shape index (κ3) is 2.75. The first-order valence-corrected chi connectivity index (χ1v) is 9.19. The molecule has 0 radical (unpaired) electrons. The molecule has 0 saturated carbocycles. The predicted molar refractivity (Wildman–Crippen MR) is 100 cm³/mol. The van der Waals surface area contributed by atoms with E-state index in [1.807, 2.05) is 19.1 Å². The monoisotopic (exact) mass is 344 g/mol. The Bertz CT molecular complexity index is 739. The number of imide groups is 1. The first-order chi connectivity index (χ1) is 11.2. The minimum absolute atomic E-state index is 0.137. The van der Waals surface area contributed by atoms with Gasteiger partial charge < -0.3 is 4.90 Å². The number of carbonyl (C=O) groups excluding carboxylic acids is 2. The summed E-state index contributed by atoms with van der Waals surface area (Å²) < 4.78 is 0. The summed E-state index contributed by atoms with van der Waals surface area (Å²) in [5.41, 5.74) is 3.67. The number of anilines is 1. The summed E-state index contributed by atoms with van der Waals surface area (Å²) in [5.74, 6) is 0.279. The highest BCUT2D eigenvalue weighted by Gasteiger charge is 2.35. The number of hydrogen-bond donors (Lipinski definition) is 0. The van der Waals surface area contributed by atoms with Crippen molar-refractivity contribution in [2.75, 3.05) is 18.5 Å². The number of amides is 2. The van der Waals surface area contributed by atoms with Gasteiger partial charge >= 0.3 is 0 Å². The van der Waals surface area contributed by atoms with Gasteiger partial charge in [0.15, 0.2) is 0 Å². The van der Waals surface area contributed by atoms with Crippen LogP contribution in [-0.4, -0.2) is 35.2 Å². The van der Waals surface area contributed by atoms with Crippen LogP contribution >= 0.6 is 11.8 Å². The maximum atomic E-state index is 12.2. The molecule has 1 aromatic rings. The normalized spacial score (nSPS) is 24.7. The summed E-state index contributed by atoms with van der Waals surface area (Å²) >= 11 is 1.03. The molecule has 128 valence electrons. The summed E-state index contributed by atoms with van der Waals surface area (Å²) in [6.07, 6.45) is 2.93. The molecule has 2 aliphatic rings. The SMILES string of the molecule is CCN1C(=O)S/C(=C\c2ccc3c(c2)[C@H](C)CC(C)(C)N3C)C1=O. The summed E-state index contributed by atoms with van der Waals surface area (Å²) in [6.45, 7) is 9.02. The summed E-state index contributed by atoms with van der Waals surface area (Å²) in [4.78, 5) is 28.2. The molecule has 0 bridgehead atoms. The van der Waals surface area contributed by atoms with Gasteiger partial charge in [0.05, 0.1) is 4.91 Å². The van der Waals surface area contributed by atoms with Crippen LogP contribution < -0.4 is 4.90 Å². The summed E-state index contributed by atoms with van der Waals surface area (Å²) in [7, 11) is 2.14. The Labute approximate surface area is 147 Å². The molecule has 2 amide bonds. The minimum Gasteiger partial charge on any atom is -0.369 e. The number of hydrogen-bond acceptors (Lipinski definition) is 4. The number of nitrogens with zero attached hydrogens (tertiary/aromatic N) is 2. The summed E-state index contributed by atoms with van der Waals surface area (Å²) in [5, 5.41) is -0.179. The van der Waals surface area contributed by atoms with Crippen LogP contribution in [0.3, 0.4) is 0 Å². The highest BCUT2D eigenvalue weighted by molar-refractivity contribution is 8.18. The number of fused-ring (bicyclic) bond motifs is 1. The molecule has 0 aromatic heterocycles. The molecule has 1 atom stereocenters. The van der Waals surface area contributed by atoms with E-state index >= 15 is 0 Å². The molecule has 0 unspecified atom stereocenters. The van der Waals surface area contributed by atoms with Crippen molar-refractivity contribution in [2.45, 2.75) is 45.6 Å². The zero-order valence-corrected chi connectivity index (χ0v) is 15.7. The zero-order valence-electron chi connectivity index (χ0n) is 14.9. The van der Waals surface area contributed by atoms with E-state index < -0.39 is 0 Å². The fourth-order valence-corrected chi connectivity index (χ4v) is 4.51. The van der Waals surface area contributed by atoms with Crippen molar-refractivity contribution in [3.8, 4) is 0 Å². The molecular formula is C19H24N2O2S. The van der Waals surface area contributed by atoms with Gasteiger partial charge in [0, 0.05) is 24.8 Å². The molecule has 2 heterocycles. The number of thioether (sulfide) groups is 1. The van der Waals surface area contributed by atoms with Crippen LogP contribution in [0.5, 0.6) is 0 Å². The quantitative estimate of drug-likeness (QED) is 0.743. The van der Waals surface area contributed by atoms with Crippen LogP contribution in [0, 0.1) is 0 Å². The number of likely N-dealkylation sites (N-methyl/N-ethyl adjacent to an activating group) is 1. The topological polar surface area (TPSA) is 40.6 Å². The van der Waals surface area contributed by atoms with E-state index in [0.717, 1.165) is 23.7 Å². The van der Waals surface area contributed by atoms with Gasteiger partial charge in [-0.2, -0.15) is 0 Å². The Kier molecular flexibility index (Phi) is 4.24. The molecule has 1 fully saturated rings. The van der Waals surface area contributed by atoms with Crippen molar-refractivity contribution < 1.29 is 9.59 Å². The Balaban J connectivity index is 1.96. The van der Waals surface area contributed by atoms with E-state index in [-0.39, 0.29) is 16.7 Å². The van der Waals surface area contributed by atoms with Crippen LogP contribution in [0.4, 0.5) is 10.5 Å². The standard InChI is InChI=1S/C19H24N2O2S/c1-6-21-17(22)16(24-18(21)23)10-13-7-8-15-14(9-13)12(2)11-19(3,4)20(15)5/h7-10,12H,6,11H2,1-5H3/b16-10-/t12-/m1/s1. The molecule has 4 nitrogen and oxygen atoms in total. The van der Waals surface area contributed by atoms with Gasteiger partial charge in [-0.25, -0.2) is 0 Å². The maximum absolute atomic E-state index is 12.2. The van der Waals surface area contributed by atoms with Gasteiger partial charge in [0.25, 0.3) is 11.1 Å². The Morgan fingerprint density at radius 3 is 2.67 bits per heavy atom. The van der Waals surface area contributed by atoms with E-state index in [4.69, 9.17) is 0 Å². The smallest absolute Gasteiger partial charge is 0.293 e. The molecule has 2 aliphatic heterocycles. The van der Waals surface area contributed by atoms with E-state index in [1.165, 1.54) is 16.2 Å². The molecule has 5 heteroatoms. The molecule has 24 heavy (non-hydrogen) atoms. The van der Waals surface area contributed by atoms with Gasteiger partial charge in [-0.05, 0) is 74.2 Å². The van der Waals surface area contributed by atoms with Gasteiger partial charge in [-0.15, -0.1) is 0 Å². The number of rotatable bonds is 2. The molecule has 1 saturated heterocycles. The average molecular weight is 344 g/mol. The third-order valence-corrected chi connectivity index (χ3v) is 6.05. The molecule has 0 aliphatic carbocycles. The Morgan fingerprint density at radius 2 is 2.04 bits per heavy atom. The molecule has 0 N–H and O–H groups in total. The Morgan fingerprint density at radius 1 is 1.33 bits per heavy atom. The molecule has 1 aromatic carbocycles. The van der Waals surface area contributed by atoms with E-state index in [9.17, 15) is 9.59 Å². The fraction of sp³-hybridized carbons (Fsp3) is 0.474. The second-order valence-corrected chi connectivity index (χ2v) is 8.21. The Hall–Kier alpha value is -1.75. The van der Waals surface area contributed by atoms with Crippen molar-refractivity contribution in [3.05, 3.63) is 34.2 Å². The first kappa shape index (κ1) is 17.1. The average Bonchev–Trinajstić information content (AvgIpc) is 2.78. The lowest BCUT2D eigenvalue weighted by molar-refractivity contribution is -0.122. The van der Waals surface area contributed by atoms with Crippen LogP contribution in [0.25, 0.3) is 6.08 Å². The maximum Gasteiger partial charge on any atom is 0.293 e. The van der Waals surface area contributed by atoms with Gasteiger partial charge in [-0.3, -0.25) is 14.5 Å². The van der Waals surface area contributed by atoms with Crippen LogP contribution in [0.1, 0.15) is 51.2 Å². The van der Waals surface area contributed by atoms with E-state index in [2.05, 4.69) is 44.9 Å². The second kappa shape index (κ2) is 5.96.